The summed E-state index contributed by atoms with van der Waals surface area (Å²) in [4.78, 5) is 2.44. The van der Waals surface area contributed by atoms with E-state index in [0.29, 0.717) is 0 Å². The number of para-hydroxylation sites is 4. The molecule has 0 aliphatic rings. The van der Waals surface area contributed by atoms with Crippen LogP contribution in [0, 0.1) is 0 Å². The summed E-state index contributed by atoms with van der Waals surface area (Å²) >= 11 is 0. The molecule has 0 saturated carbocycles. The van der Waals surface area contributed by atoms with Crippen LogP contribution in [0.25, 0.3) is 97.7 Å². The lowest BCUT2D eigenvalue weighted by Gasteiger charge is -2.27. The van der Waals surface area contributed by atoms with Crippen molar-refractivity contribution in [1.82, 2.24) is 8.80 Å². The Morgan fingerprint density at radius 3 is 1.60 bits per heavy atom. The van der Waals surface area contributed by atoms with Gasteiger partial charge in [-0.3, -0.25) is 0 Å². The van der Waals surface area contributed by atoms with Gasteiger partial charge >= 0.3 is 0 Å². The van der Waals surface area contributed by atoms with Gasteiger partial charge in [0.1, 0.15) is 0 Å². The molecule has 0 N–H and O–H groups in total. The van der Waals surface area contributed by atoms with Crippen LogP contribution in [0.1, 0.15) is 0 Å². The minimum atomic E-state index is 1.13. The van der Waals surface area contributed by atoms with E-state index in [2.05, 4.69) is 190 Å². The fourth-order valence-corrected chi connectivity index (χ4v) is 9.89. The largest absolute Gasteiger partial charge is 0.308 e. The van der Waals surface area contributed by atoms with E-state index in [4.69, 9.17) is 0 Å². The summed E-state index contributed by atoms with van der Waals surface area (Å²) in [6, 6.07) is 64.9. The Kier molecular flexibility index (Phi) is 5.11. The number of rotatable bonds is 3. The van der Waals surface area contributed by atoms with E-state index in [-0.39, 0.29) is 0 Å². The molecule has 0 atom stereocenters. The molecular formula is C50H29N3. The van der Waals surface area contributed by atoms with Crippen molar-refractivity contribution in [2.75, 3.05) is 4.90 Å². The van der Waals surface area contributed by atoms with Crippen molar-refractivity contribution in [2.24, 2.45) is 0 Å². The highest BCUT2D eigenvalue weighted by Crippen LogP contribution is 2.52. The predicted octanol–water partition coefficient (Wildman–Crippen LogP) is 13.8. The van der Waals surface area contributed by atoms with Crippen LogP contribution in [0.4, 0.5) is 17.1 Å². The Bertz CT molecular complexity index is 3570. The molecule has 244 valence electrons. The first-order valence-electron chi connectivity index (χ1n) is 18.4. The third-order valence-corrected chi connectivity index (χ3v) is 11.9. The van der Waals surface area contributed by atoms with Gasteiger partial charge in [-0.15, -0.1) is 0 Å². The summed E-state index contributed by atoms with van der Waals surface area (Å²) in [5.41, 5.74) is 11.0. The standard InChI is InChI=1S/C50H29N3/c1-3-16-32(17-4-1)51(33-18-5-2-6-19-33)43-29-31-15-8-9-20-34(31)44-39-28-30-14-7-10-21-35(30)46-47-42(53(49(39)46)50(43)44)27-26-41-45(47)38-24-13-23-37-36-22-11-12-25-40(36)52(41)48(37)38/h1-29H. The van der Waals surface area contributed by atoms with Crippen LogP contribution in [0.5, 0.6) is 0 Å². The molecule has 0 saturated heterocycles. The number of hydrogen-bond acceptors (Lipinski definition) is 1. The second-order valence-electron chi connectivity index (χ2n) is 14.5. The van der Waals surface area contributed by atoms with Crippen LogP contribution in [0.3, 0.4) is 0 Å². The predicted molar refractivity (Wildman–Crippen MR) is 225 cm³/mol. The molecule has 53 heavy (non-hydrogen) atoms. The second-order valence-corrected chi connectivity index (χ2v) is 14.5. The van der Waals surface area contributed by atoms with E-state index in [1.807, 2.05) is 0 Å². The van der Waals surface area contributed by atoms with Gasteiger partial charge in [0.2, 0.25) is 0 Å². The van der Waals surface area contributed by atoms with Crippen molar-refractivity contribution < 1.29 is 0 Å². The van der Waals surface area contributed by atoms with Crippen molar-refractivity contribution in [1.29, 1.82) is 0 Å². The molecular weight excluding hydrogens is 643 g/mol. The fraction of sp³-hybridized carbons (Fsp3) is 0. The minimum Gasteiger partial charge on any atom is -0.308 e. The van der Waals surface area contributed by atoms with Gasteiger partial charge in [-0.1, -0.05) is 121 Å². The molecule has 0 aliphatic carbocycles. The zero-order valence-electron chi connectivity index (χ0n) is 28.6. The van der Waals surface area contributed by atoms with E-state index >= 15 is 0 Å². The third kappa shape index (κ3) is 3.36. The van der Waals surface area contributed by atoms with Crippen LogP contribution >= 0.6 is 0 Å². The lowest BCUT2D eigenvalue weighted by Crippen LogP contribution is -2.11. The van der Waals surface area contributed by atoms with E-state index in [1.54, 1.807) is 0 Å². The molecule has 0 fully saturated rings. The molecule has 0 spiro atoms. The quantitative estimate of drug-likeness (QED) is 0.182. The summed E-state index contributed by atoms with van der Waals surface area (Å²) in [6.07, 6.45) is 0. The summed E-state index contributed by atoms with van der Waals surface area (Å²) in [6.45, 7) is 0. The lowest BCUT2D eigenvalue weighted by molar-refractivity contribution is 1.27. The highest BCUT2D eigenvalue weighted by Gasteiger charge is 2.28. The Balaban J connectivity index is 1.33. The number of benzene rings is 9. The maximum atomic E-state index is 2.61. The summed E-state index contributed by atoms with van der Waals surface area (Å²) in [7, 11) is 0. The molecule has 4 aromatic heterocycles. The van der Waals surface area contributed by atoms with Crippen LogP contribution in [0.2, 0.25) is 0 Å². The molecule has 0 aliphatic heterocycles. The van der Waals surface area contributed by atoms with Gasteiger partial charge in [-0.05, 0) is 76.1 Å². The molecule has 3 heteroatoms. The summed E-state index contributed by atoms with van der Waals surface area (Å²) < 4.78 is 5.11. The first-order chi connectivity index (χ1) is 26.3. The number of aromatic nitrogens is 2. The normalized spacial score (nSPS) is 12.5. The highest BCUT2D eigenvalue weighted by molar-refractivity contribution is 6.41. The third-order valence-electron chi connectivity index (χ3n) is 11.9. The van der Waals surface area contributed by atoms with Gasteiger partial charge in [-0.25, -0.2) is 0 Å². The first kappa shape index (κ1) is 27.6. The zero-order valence-corrected chi connectivity index (χ0v) is 28.6. The summed E-state index contributed by atoms with van der Waals surface area (Å²) in [5, 5.41) is 15.5. The topological polar surface area (TPSA) is 12.1 Å². The first-order valence-corrected chi connectivity index (χ1v) is 18.4. The molecule has 0 amide bonds. The van der Waals surface area contributed by atoms with Crippen LogP contribution in [-0.4, -0.2) is 8.80 Å². The monoisotopic (exact) mass is 671 g/mol. The Hall–Kier alpha value is -7.10. The molecule has 9 aromatic carbocycles. The zero-order chi connectivity index (χ0) is 34.4. The van der Waals surface area contributed by atoms with Gasteiger partial charge in [-0.2, -0.15) is 0 Å². The second kappa shape index (κ2) is 9.81. The molecule has 0 bridgehead atoms. The van der Waals surface area contributed by atoms with Gasteiger partial charge in [0.25, 0.3) is 0 Å². The molecule has 13 aromatic rings. The van der Waals surface area contributed by atoms with Gasteiger partial charge < -0.3 is 13.7 Å². The van der Waals surface area contributed by atoms with Crippen molar-refractivity contribution in [3.05, 3.63) is 176 Å². The van der Waals surface area contributed by atoms with E-state index < -0.39 is 0 Å². The number of fused-ring (bicyclic) bond motifs is 17. The average Bonchev–Trinajstić information content (AvgIpc) is 3.95. The summed E-state index contributed by atoms with van der Waals surface area (Å²) in [5.74, 6) is 0. The average molecular weight is 672 g/mol. The van der Waals surface area contributed by atoms with Crippen LogP contribution < -0.4 is 4.90 Å². The van der Waals surface area contributed by atoms with Crippen molar-refractivity contribution in [3.8, 4) is 0 Å². The van der Waals surface area contributed by atoms with Gasteiger partial charge in [0.15, 0.2) is 0 Å². The van der Waals surface area contributed by atoms with Crippen molar-refractivity contribution in [3.63, 3.8) is 0 Å². The van der Waals surface area contributed by atoms with Gasteiger partial charge in [0.05, 0.1) is 38.8 Å². The SMILES string of the molecule is c1ccc(N(c2ccccc2)c2cc3ccccc3c3c4cc5ccccc5c5c6c7c8cccc9c%10ccccc%10n(c7ccc6n(c23)c45)c98)cc1. The van der Waals surface area contributed by atoms with Crippen molar-refractivity contribution >= 4 is 115 Å². The van der Waals surface area contributed by atoms with Crippen LogP contribution in [0.15, 0.2) is 176 Å². The molecule has 3 nitrogen and oxygen atoms in total. The Labute approximate surface area is 303 Å². The fourth-order valence-electron chi connectivity index (χ4n) is 9.89. The molecule has 13 rings (SSSR count). The maximum Gasteiger partial charge on any atom is 0.0789 e. The highest BCUT2D eigenvalue weighted by atomic mass is 15.2. The van der Waals surface area contributed by atoms with E-state index in [0.717, 1.165) is 17.1 Å². The number of hydrogen-bond donors (Lipinski definition) is 0. The van der Waals surface area contributed by atoms with Gasteiger partial charge in [0, 0.05) is 54.5 Å². The number of nitrogens with zero attached hydrogens (tertiary/aromatic N) is 3. The smallest absolute Gasteiger partial charge is 0.0789 e. The lowest BCUT2D eigenvalue weighted by atomic mass is 9.95. The van der Waals surface area contributed by atoms with Crippen LogP contribution in [-0.2, 0) is 0 Å². The molecule has 0 radical (unpaired) electrons. The molecule has 4 heterocycles. The number of anilines is 3. The van der Waals surface area contributed by atoms with E-state index in [9.17, 15) is 0 Å². The maximum absolute atomic E-state index is 2.61. The van der Waals surface area contributed by atoms with E-state index in [1.165, 1.54) is 97.7 Å². The van der Waals surface area contributed by atoms with Crippen molar-refractivity contribution in [2.45, 2.75) is 0 Å². The minimum absolute atomic E-state index is 1.13. The Morgan fingerprint density at radius 1 is 0.302 bits per heavy atom. The molecule has 0 unspecified atom stereocenters. The Morgan fingerprint density at radius 2 is 0.868 bits per heavy atom.